The normalized spacial score (nSPS) is 9.89. The number of rotatable bonds is 1. The summed E-state index contributed by atoms with van der Waals surface area (Å²) in [5.74, 6) is 0. The first-order valence-corrected chi connectivity index (χ1v) is 3.53. The molecule has 0 aliphatic rings. The summed E-state index contributed by atoms with van der Waals surface area (Å²) in [6.07, 6.45) is 0. The van der Waals surface area contributed by atoms with Crippen molar-refractivity contribution in [2.24, 2.45) is 0 Å². The van der Waals surface area contributed by atoms with Crippen LogP contribution in [0.4, 0.5) is 0 Å². The molecule has 0 aromatic heterocycles. The van der Waals surface area contributed by atoms with Crippen molar-refractivity contribution in [1.82, 2.24) is 0 Å². The summed E-state index contributed by atoms with van der Waals surface area (Å²) in [7, 11) is -4.64. The second-order valence-corrected chi connectivity index (χ2v) is 1.96. The Kier molecular flexibility index (Phi) is 8.06. The van der Waals surface area contributed by atoms with Gasteiger partial charge < -0.3 is 14.7 Å². The first kappa shape index (κ1) is 11.8. The Hall–Kier alpha value is 0.0300. The molecular formula is C2H9O6P. The van der Waals surface area contributed by atoms with Gasteiger partial charge in [0.05, 0.1) is 6.61 Å². The van der Waals surface area contributed by atoms with E-state index in [0.29, 0.717) is 6.61 Å². The van der Waals surface area contributed by atoms with Gasteiger partial charge in [0.2, 0.25) is 0 Å². The molecule has 0 radical (unpaired) electrons. The Balaban J connectivity index is 0. The molecule has 9 heavy (non-hydrogen) atoms. The van der Waals surface area contributed by atoms with Gasteiger partial charge in [-0.15, -0.1) is 0 Å². The van der Waals surface area contributed by atoms with E-state index in [0.717, 1.165) is 0 Å². The van der Waals surface area contributed by atoms with E-state index in [1.165, 1.54) is 0 Å². The van der Waals surface area contributed by atoms with Crippen LogP contribution in [0.2, 0.25) is 0 Å². The zero-order valence-corrected chi connectivity index (χ0v) is 5.65. The fraction of sp³-hybridized carbons (Fsp3) is 1.00. The van der Waals surface area contributed by atoms with Gasteiger partial charge in [-0.3, -0.25) is 5.26 Å². The molecule has 0 rings (SSSR count). The van der Waals surface area contributed by atoms with E-state index in [1.807, 2.05) is 0 Å². The monoisotopic (exact) mass is 160 g/mol. The number of hydrogen-bond donors (Lipinski definition) is 4. The maximum absolute atomic E-state index is 8.88. The summed E-state index contributed by atoms with van der Waals surface area (Å²) in [5.41, 5.74) is 0. The van der Waals surface area contributed by atoms with Crippen LogP contribution in [-0.4, -0.2) is 26.5 Å². The summed E-state index contributed by atoms with van der Waals surface area (Å²) >= 11 is 0. The molecule has 4 N–H and O–H groups in total. The van der Waals surface area contributed by atoms with E-state index in [9.17, 15) is 0 Å². The molecule has 0 aromatic carbocycles. The lowest BCUT2D eigenvalue weighted by Gasteiger charge is -1.82. The van der Waals surface area contributed by atoms with Crippen molar-refractivity contribution in [2.75, 3.05) is 6.61 Å². The fourth-order valence-corrected chi connectivity index (χ4v) is 0. The molecule has 6 nitrogen and oxygen atoms in total. The average molecular weight is 160 g/mol. The van der Waals surface area contributed by atoms with Gasteiger partial charge in [-0.25, -0.2) is 9.45 Å². The predicted octanol–water partition coefficient (Wildman–Crippen LogP) is -0.433. The molecule has 0 aliphatic carbocycles. The number of hydrogen-bond acceptors (Lipinski definition) is 3. The summed E-state index contributed by atoms with van der Waals surface area (Å²) < 4.78 is 8.88. The zero-order chi connectivity index (χ0) is 7.91. The number of phosphoric acid groups is 1. The highest BCUT2D eigenvalue weighted by Crippen LogP contribution is 2.25. The third-order valence-electron chi connectivity index (χ3n) is 0.129. The van der Waals surface area contributed by atoms with Crippen LogP contribution >= 0.6 is 7.82 Å². The second kappa shape index (κ2) is 6.15. The Morgan fingerprint density at radius 3 is 1.56 bits per heavy atom. The fourth-order valence-electron chi connectivity index (χ4n) is 0. The third kappa shape index (κ3) is 275. The Morgan fingerprint density at radius 2 is 1.56 bits per heavy atom. The van der Waals surface area contributed by atoms with Crippen molar-refractivity contribution < 1.29 is 29.4 Å². The van der Waals surface area contributed by atoms with Crippen molar-refractivity contribution in [1.29, 1.82) is 0 Å². The molecule has 0 atom stereocenters. The van der Waals surface area contributed by atoms with Crippen LogP contribution in [0.5, 0.6) is 0 Å². The molecule has 58 valence electrons. The molecule has 0 amide bonds. The molecule has 0 spiro atoms. The van der Waals surface area contributed by atoms with Crippen molar-refractivity contribution in [2.45, 2.75) is 6.92 Å². The van der Waals surface area contributed by atoms with Gasteiger partial charge in [0.25, 0.3) is 0 Å². The van der Waals surface area contributed by atoms with Crippen LogP contribution in [0.1, 0.15) is 6.92 Å². The summed E-state index contributed by atoms with van der Waals surface area (Å²) in [4.78, 5) is 25.1. The maximum atomic E-state index is 8.88. The van der Waals surface area contributed by atoms with Gasteiger partial charge in [0.1, 0.15) is 0 Å². The zero-order valence-electron chi connectivity index (χ0n) is 4.76. The topological polar surface area (TPSA) is 107 Å². The Bertz CT molecular complexity index is 74.8. The minimum atomic E-state index is -4.64. The summed E-state index contributed by atoms with van der Waals surface area (Å²) in [6, 6.07) is 0. The highest BCUT2D eigenvalue weighted by molar-refractivity contribution is 7.45. The van der Waals surface area contributed by atoms with E-state index in [-0.39, 0.29) is 0 Å². The van der Waals surface area contributed by atoms with Crippen molar-refractivity contribution in [3.63, 3.8) is 0 Å². The van der Waals surface area contributed by atoms with Crippen molar-refractivity contribution in [3.8, 4) is 0 Å². The van der Waals surface area contributed by atoms with Crippen LogP contribution < -0.4 is 0 Å². The van der Waals surface area contributed by atoms with Gasteiger partial charge in [-0.05, 0) is 6.92 Å². The Morgan fingerprint density at radius 1 is 1.44 bits per heavy atom. The second-order valence-electron chi connectivity index (χ2n) is 0.931. The lowest BCUT2D eigenvalue weighted by atomic mass is 10.9. The summed E-state index contributed by atoms with van der Waals surface area (Å²) in [5, 5.41) is 7.38. The van der Waals surface area contributed by atoms with Gasteiger partial charge in [0, 0.05) is 0 Å². The summed E-state index contributed by atoms with van der Waals surface area (Å²) in [6.45, 7) is 2.08. The molecule has 0 bridgehead atoms. The van der Waals surface area contributed by atoms with Crippen molar-refractivity contribution >= 4 is 7.82 Å². The molecule has 7 heteroatoms. The van der Waals surface area contributed by atoms with Crippen LogP contribution in [0.3, 0.4) is 0 Å². The van der Waals surface area contributed by atoms with Crippen LogP contribution in [0, 0.1) is 0 Å². The van der Waals surface area contributed by atoms with Gasteiger partial charge in [-0.1, -0.05) is 0 Å². The molecule has 0 heterocycles. The average Bonchev–Trinajstić information content (AvgIpc) is 1.61. The van der Waals surface area contributed by atoms with Crippen LogP contribution in [-0.2, 0) is 9.45 Å². The molecule has 0 unspecified atom stereocenters. The van der Waals surface area contributed by atoms with E-state index in [2.05, 4.69) is 4.89 Å². The SMILES string of the molecule is CCOO.O=P(O)(O)O. The van der Waals surface area contributed by atoms with Gasteiger partial charge in [-0.2, -0.15) is 0 Å². The van der Waals surface area contributed by atoms with E-state index < -0.39 is 7.82 Å². The highest BCUT2D eigenvalue weighted by Gasteiger charge is 2.00. The standard InChI is InChI=1S/C2H6O2.H3O4P/c1-2-4-3;1-5(2,3)4/h3H,2H2,1H3;(H3,1,2,3,4). The quantitative estimate of drug-likeness (QED) is 0.235. The Labute approximate surface area is 51.9 Å². The van der Waals surface area contributed by atoms with Crippen LogP contribution in [0.15, 0.2) is 0 Å². The van der Waals surface area contributed by atoms with E-state index in [1.54, 1.807) is 6.92 Å². The molecule has 0 aromatic rings. The lowest BCUT2D eigenvalue weighted by molar-refractivity contribution is -0.237. The van der Waals surface area contributed by atoms with Crippen molar-refractivity contribution in [3.05, 3.63) is 0 Å². The molecule has 0 saturated carbocycles. The van der Waals surface area contributed by atoms with E-state index >= 15 is 0 Å². The molecule has 0 aliphatic heterocycles. The minimum Gasteiger partial charge on any atom is -0.303 e. The largest absolute Gasteiger partial charge is 0.466 e. The predicted molar refractivity (Wildman–Crippen MR) is 28.5 cm³/mol. The smallest absolute Gasteiger partial charge is 0.303 e. The van der Waals surface area contributed by atoms with Gasteiger partial charge in [0.15, 0.2) is 0 Å². The third-order valence-corrected chi connectivity index (χ3v) is 0.129. The molecule has 0 saturated heterocycles. The van der Waals surface area contributed by atoms with Gasteiger partial charge >= 0.3 is 7.82 Å². The maximum Gasteiger partial charge on any atom is 0.466 e. The first-order valence-electron chi connectivity index (χ1n) is 1.96. The van der Waals surface area contributed by atoms with E-state index in [4.69, 9.17) is 24.5 Å². The molecule has 0 fully saturated rings. The minimum absolute atomic E-state index is 0.375. The molecular weight excluding hydrogens is 151 g/mol. The highest BCUT2D eigenvalue weighted by atomic mass is 31.2. The lowest BCUT2D eigenvalue weighted by Crippen LogP contribution is -1.74. The van der Waals surface area contributed by atoms with Crippen LogP contribution in [0.25, 0.3) is 0 Å². The first-order chi connectivity index (χ1) is 3.91.